The summed E-state index contributed by atoms with van der Waals surface area (Å²) in [5, 5.41) is 0. The quantitative estimate of drug-likeness (QED) is 0.538. The molecule has 1 aliphatic carbocycles. The molecule has 1 saturated carbocycles. The van der Waals surface area contributed by atoms with Crippen molar-refractivity contribution in [2.45, 2.75) is 53.9 Å². The van der Waals surface area contributed by atoms with Gasteiger partial charge in [0.05, 0.1) is 0 Å². The minimum absolute atomic E-state index is 0.557. The molecule has 66 valence electrons. The van der Waals surface area contributed by atoms with Crippen molar-refractivity contribution in [1.82, 2.24) is 0 Å². The molecule has 0 aromatic rings. The van der Waals surface area contributed by atoms with E-state index < -0.39 is 0 Å². The highest BCUT2D eigenvalue weighted by molar-refractivity contribution is 4.96. The lowest BCUT2D eigenvalue weighted by molar-refractivity contribution is 0.105. The van der Waals surface area contributed by atoms with Gasteiger partial charge in [-0.3, -0.25) is 0 Å². The average Bonchev–Trinajstić information content (AvgIpc) is 2.05. The molecule has 0 heteroatoms. The molecule has 0 spiro atoms. The van der Waals surface area contributed by atoms with Crippen LogP contribution in [0.3, 0.4) is 0 Å². The summed E-state index contributed by atoms with van der Waals surface area (Å²) < 4.78 is 0. The zero-order chi connectivity index (χ0) is 8.70. The number of hydrogen-bond acceptors (Lipinski definition) is 0. The summed E-state index contributed by atoms with van der Waals surface area (Å²) in [4.78, 5) is 0. The highest BCUT2D eigenvalue weighted by atomic mass is 14.5. The summed E-state index contributed by atoms with van der Waals surface area (Å²) in [6, 6.07) is 0. The summed E-state index contributed by atoms with van der Waals surface area (Å²) in [7, 11) is 0. The van der Waals surface area contributed by atoms with Gasteiger partial charge in [0.1, 0.15) is 0 Å². The second-order valence-corrected chi connectivity index (χ2v) is 5.25. The molecule has 1 aliphatic rings. The molecular formula is C11H22. The van der Waals surface area contributed by atoms with E-state index in [9.17, 15) is 0 Å². The molecule has 1 fully saturated rings. The van der Waals surface area contributed by atoms with Gasteiger partial charge in [0, 0.05) is 0 Å². The lowest BCUT2D eigenvalue weighted by Gasteiger charge is -2.39. The second-order valence-electron chi connectivity index (χ2n) is 5.25. The molecule has 0 amide bonds. The van der Waals surface area contributed by atoms with Gasteiger partial charge in [-0.1, -0.05) is 41.0 Å². The van der Waals surface area contributed by atoms with Gasteiger partial charge in [-0.25, -0.2) is 0 Å². The minimum atomic E-state index is 0.557. The van der Waals surface area contributed by atoms with Crippen LogP contribution in [0.2, 0.25) is 0 Å². The van der Waals surface area contributed by atoms with E-state index in [1.54, 1.807) is 0 Å². The Morgan fingerprint density at radius 2 is 1.73 bits per heavy atom. The van der Waals surface area contributed by atoms with Gasteiger partial charge in [-0.15, -0.1) is 0 Å². The van der Waals surface area contributed by atoms with Crippen LogP contribution in [0.5, 0.6) is 0 Å². The van der Waals surface area contributed by atoms with Gasteiger partial charge < -0.3 is 0 Å². The van der Waals surface area contributed by atoms with Crippen molar-refractivity contribution in [1.29, 1.82) is 0 Å². The smallest absolute Gasteiger partial charge is 0.0275 e. The maximum atomic E-state index is 2.44. The van der Waals surface area contributed by atoms with Crippen molar-refractivity contribution in [3.63, 3.8) is 0 Å². The second kappa shape index (κ2) is 2.50. The van der Waals surface area contributed by atoms with Crippen LogP contribution in [0, 0.1) is 16.7 Å². The van der Waals surface area contributed by atoms with Gasteiger partial charge >= 0.3 is 0 Å². The average molecular weight is 154 g/mol. The molecule has 0 nitrogen and oxygen atoms in total. The van der Waals surface area contributed by atoms with Gasteiger partial charge in [0.25, 0.3) is 0 Å². The Morgan fingerprint density at radius 3 is 1.91 bits per heavy atom. The van der Waals surface area contributed by atoms with Crippen LogP contribution < -0.4 is 0 Å². The van der Waals surface area contributed by atoms with Crippen LogP contribution in [-0.2, 0) is 0 Å². The Hall–Kier alpha value is 0. The molecule has 0 aromatic heterocycles. The largest absolute Gasteiger partial charge is 0.0651 e. The normalized spacial score (nSPS) is 34.1. The van der Waals surface area contributed by atoms with Crippen LogP contribution in [-0.4, -0.2) is 0 Å². The summed E-state index contributed by atoms with van der Waals surface area (Å²) >= 11 is 0. The van der Waals surface area contributed by atoms with E-state index in [0.717, 1.165) is 5.92 Å². The summed E-state index contributed by atoms with van der Waals surface area (Å²) in [6.45, 7) is 12.0. The van der Waals surface area contributed by atoms with E-state index in [2.05, 4.69) is 34.6 Å². The third kappa shape index (κ3) is 1.21. The van der Waals surface area contributed by atoms with Crippen molar-refractivity contribution >= 4 is 0 Å². The minimum Gasteiger partial charge on any atom is -0.0651 e. The van der Waals surface area contributed by atoms with Gasteiger partial charge in [0.15, 0.2) is 0 Å². The predicted molar refractivity (Wildman–Crippen MR) is 50.6 cm³/mol. The molecule has 0 aromatic carbocycles. The fraction of sp³-hybridized carbons (Fsp3) is 1.00. The van der Waals surface area contributed by atoms with E-state index in [1.165, 1.54) is 19.3 Å². The number of hydrogen-bond donors (Lipinski definition) is 0. The van der Waals surface area contributed by atoms with Crippen LogP contribution in [0.1, 0.15) is 53.9 Å². The zero-order valence-corrected chi connectivity index (χ0v) is 8.70. The Balaban J connectivity index is 2.81. The standard InChI is InChI=1S/C11H22/c1-6-9-7-8-10(2,3)11(9,4)5/h9H,6-8H2,1-5H3. The lowest BCUT2D eigenvalue weighted by atomic mass is 9.66. The van der Waals surface area contributed by atoms with Crippen LogP contribution in [0.4, 0.5) is 0 Å². The van der Waals surface area contributed by atoms with E-state index in [1.807, 2.05) is 0 Å². The fourth-order valence-corrected chi connectivity index (χ4v) is 2.49. The molecular weight excluding hydrogens is 132 g/mol. The van der Waals surface area contributed by atoms with Gasteiger partial charge in [-0.05, 0) is 29.6 Å². The Morgan fingerprint density at radius 1 is 1.18 bits per heavy atom. The van der Waals surface area contributed by atoms with E-state index in [-0.39, 0.29) is 0 Å². The first-order valence-electron chi connectivity index (χ1n) is 4.92. The maximum Gasteiger partial charge on any atom is -0.0275 e. The number of rotatable bonds is 1. The highest BCUT2D eigenvalue weighted by Crippen LogP contribution is 2.56. The summed E-state index contributed by atoms with van der Waals surface area (Å²) in [5.41, 5.74) is 1.12. The first kappa shape index (κ1) is 9.09. The van der Waals surface area contributed by atoms with Crippen LogP contribution in [0.15, 0.2) is 0 Å². The summed E-state index contributed by atoms with van der Waals surface area (Å²) in [6.07, 6.45) is 4.21. The molecule has 11 heavy (non-hydrogen) atoms. The molecule has 0 heterocycles. The molecule has 0 aliphatic heterocycles. The Labute approximate surface area is 71.4 Å². The molecule has 1 atom stereocenters. The monoisotopic (exact) mass is 154 g/mol. The third-order valence-electron chi connectivity index (χ3n) is 4.38. The Bertz CT molecular complexity index is 142. The van der Waals surface area contributed by atoms with Crippen molar-refractivity contribution < 1.29 is 0 Å². The predicted octanol–water partition coefficient (Wildman–Crippen LogP) is 3.86. The molecule has 1 rings (SSSR count). The highest BCUT2D eigenvalue weighted by Gasteiger charge is 2.47. The molecule has 0 saturated heterocycles. The van der Waals surface area contributed by atoms with E-state index >= 15 is 0 Å². The molecule has 0 N–H and O–H groups in total. The maximum absolute atomic E-state index is 2.44. The SMILES string of the molecule is CCC1CCC(C)(C)C1(C)C. The van der Waals surface area contributed by atoms with Crippen LogP contribution in [0.25, 0.3) is 0 Å². The fourth-order valence-electron chi connectivity index (χ4n) is 2.49. The van der Waals surface area contributed by atoms with Crippen molar-refractivity contribution in [2.75, 3.05) is 0 Å². The van der Waals surface area contributed by atoms with Crippen molar-refractivity contribution in [2.24, 2.45) is 16.7 Å². The zero-order valence-electron chi connectivity index (χ0n) is 8.70. The van der Waals surface area contributed by atoms with Crippen LogP contribution >= 0.6 is 0 Å². The van der Waals surface area contributed by atoms with Crippen molar-refractivity contribution in [3.05, 3.63) is 0 Å². The van der Waals surface area contributed by atoms with Gasteiger partial charge in [0.2, 0.25) is 0 Å². The van der Waals surface area contributed by atoms with E-state index in [4.69, 9.17) is 0 Å². The first-order chi connectivity index (χ1) is 4.92. The first-order valence-corrected chi connectivity index (χ1v) is 4.92. The molecule has 0 radical (unpaired) electrons. The third-order valence-corrected chi connectivity index (χ3v) is 4.38. The van der Waals surface area contributed by atoms with E-state index in [0.29, 0.717) is 10.8 Å². The molecule has 0 bridgehead atoms. The summed E-state index contributed by atoms with van der Waals surface area (Å²) in [5.74, 6) is 0.956. The lowest BCUT2D eigenvalue weighted by Crippen LogP contribution is -2.31. The topological polar surface area (TPSA) is 0 Å². The molecule has 1 unspecified atom stereocenters. The van der Waals surface area contributed by atoms with Crippen molar-refractivity contribution in [3.8, 4) is 0 Å². The van der Waals surface area contributed by atoms with Gasteiger partial charge in [-0.2, -0.15) is 0 Å². The Kier molecular flexibility index (Phi) is 2.07.